The summed E-state index contributed by atoms with van der Waals surface area (Å²) in [6, 6.07) is 7.19. The molecule has 23 heavy (non-hydrogen) atoms. The summed E-state index contributed by atoms with van der Waals surface area (Å²) in [6.07, 6.45) is 3.07. The average Bonchev–Trinajstić information content (AvgIpc) is 3.10. The van der Waals surface area contributed by atoms with Crippen LogP contribution in [-0.4, -0.2) is 56.1 Å². The SMILES string of the molecule is CC(=O)N1CCC(NC(=O)c2ccc(-n3cnnn3)cc2)CC1. The number of nitrogens with zero attached hydrogens (tertiary/aromatic N) is 5. The van der Waals surface area contributed by atoms with Crippen molar-refractivity contribution in [3.05, 3.63) is 36.2 Å². The second kappa shape index (κ2) is 6.55. The van der Waals surface area contributed by atoms with Crippen LogP contribution in [0.5, 0.6) is 0 Å². The molecule has 3 rings (SSSR count). The smallest absolute Gasteiger partial charge is 0.251 e. The maximum absolute atomic E-state index is 12.3. The van der Waals surface area contributed by atoms with Crippen LogP contribution in [0.4, 0.5) is 0 Å². The molecule has 0 bridgehead atoms. The van der Waals surface area contributed by atoms with Gasteiger partial charge in [0.1, 0.15) is 6.33 Å². The van der Waals surface area contributed by atoms with Crippen molar-refractivity contribution in [2.24, 2.45) is 0 Å². The Morgan fingerprint density at radius 1 is 1.17 bits per heavy atom. The highest BCUT2D eigenvalue weighted by Gasteiger charge is 2.22. The van der Waals surface area contributed by atoms with Gasteiger partial charge in [0.05, 0.1) is 5.69 Å². The number of tetrazole rings is 1. The highest BCUT2D eigenvalue weighted by Crippen LogP contribution is 2.12. The Morgan fingerprint density at radius 3 is 2.43 bits per heavy atom. The monoisotopic (exact) mass is 314 g/mol. The van der Waals surface area contributed by atoms with Crippen molar-refractivity contribution in [2.45, 2.75) is 25.8 Å². The summed E-state index contributed by atoms with van der Waals surface area (Å²) >= 11 is 0. The molecule has 1 aromatic heterocycles. The van der Waals surface area contributed by atoms with E-state index in [1.54, 1.807) is 31.2 Å². The number of benzene rings is 1. The average molecular weight is 314 g/mol. The molecule has 120 valence electrons. The first-order chi connectivity index (χ1) is 11.1. The lowest BCUT2D eigenvalue weighted by molar-refractivity contribution is -0.129. The summed E-state index contributed by atoms with van der Waals surface area (Å²) in [7, 11) is 0. The van der Waals surface area contributed by atoms with Crippen LogP contribution in [0.25, 0.3) is 5.69 Å². The molecule has 0 saturated carbocycles. The van der Waals surface area contributed by atoms with E-state index in [0.29, 0.717) is 18.7 Å². The lowest BCUT2D eigenvalue weighted by atomic mass is 10.0. The van der Waals surface area contributed by atoms with E-state index in [4.69, 9.17) is 0 Å². The summed E-state index contributed by atoms with van der Waals surface area (Å²) in [4.78, 5) is 25.4. The normalized spacial score (nSPS) is 15.4. The van der Waals surface area contributed by atoms with E-state index < -0.39 is 0 Å². The molecule has 0 aliphatic carbocycles. The van der Waals surface area contributed by atoms with Crippen LogP contribution in [0.15, 0.2) is 30.6 Å². The number of hydrogen-bond acceptors (Lipinski definition) is 5. The van der Waals surface area contributed by atoms with Gasteiger partial charge in [0, 0.05) is 31.6 Å². The molecule has 1 aliphatic rings. The third kappa shape index (κ3) is 3.53. The molecule has 0 radical (unpaired) electrons. The number of piperidine rings is 1. The highest BCUT2D eigenvalue weighted by molar-refractivity contribution is 5.94. The minimum atomic E-state index is -0.102. The van der Waals surface area contributed by atoms with Gasteiger partial charge in [0.25, 0.3) is 5.91 Å². The van der Waals surface area contributed by atoms with Crippen LogP contribution in [0.2, 0.25) is 0 Å². The van der Waals surface area contributed by atoms with E-state index in [1.807, 2.05) is 4.90 Å². The van der Waals surface area contributed by atoms with Gasteiger partial charge >= 0.3 is 0 Å². The molecule has 0 atom stereocenters. The van der Waals surface area contributed by atoms with E-state index in [9.17, 15) is 9.59 Å². The van der Waals surface area contributed by atoms with Gasteiger partial charge in [-0.2, -0.15) is 0 Å². The van der Waals surface area contributed by atoms with Crippen LogP contribution in [0.3, 0.4) is 0 Å². The van der Waals surface area contributed by atoms with E-state index in [2.05, 4.69) is 20.8 Å². The zero-order valence-electron chi connectivity index (χ0n) is 12.8. The maximum Gasteiger partial charge on any atom is 0.251 e. The molecule has 1 aromatic carbocycles. The molecule has 8 heteroatoms. The van der Waals surface area contributed by atoms with E-state index in [-0.39, 0.29) is 17.9 Å². The number of carbonyl (C=O) groups is 2. The predicted octanol–water partition coefficient (Wildman–Crippen LogP) is 0.403. The molecule has 0 spiro atoms. The quantitative estimate of drug-likeness (QED) is 0.885. The third-order valence-electron chi connectivity index (χ3n) is 4.02. The van der Waals surface area contributed by atoms with Crippen molar-refractivity contribution in [3.63, 3.8) is 0 Å². The highest BCUT2D eigenvalue weighted by atomic mass is 16.2. The Kier molecular flexibility index (Phi) is 4.31. The van der Waals surface area contributed by atoms with Crippen molar-refractivity contribution < 1.29 is 9.59 Å². The van der Waals surface area contributed by atoms with Gasteiger partial charge in [-0.25, -0.2) is 4.68 Å². The Labute approximate surface area is 133 Å². The Bertz CT molecular complexity index is 675. The van der Waals surface area contributed by atoms with E-state index in [1.165, 1.54) is 11.0 Å². The molecule has 0 unspecified atom stereocenters. The van der Waals surface area contributed by atoms with Crippen molar-refractivity contribution in [2.75, 3.05) is 13.1 Å². The molecular weight excluding hydrogens is 296 g/mol. The molecule has 1 aliphatic heterocycles. The second-order valence-electron chi connectivity index (χ2n) is 5.56. The number of aromatic nitrogens is 4. The van der Waals surface area contributed by atoms with E-state index >= 15 is 0 Å². The van der Waals surface area contributed by atoms with Gasteiger partial charge < -0.3 is 10.2 Å². The van der Waals surface area contributed by atoms with Crippen molar-refractivity contribution in [1.29, 1.82) is 0 Å². The predicted molar refractivity (Wildman–Crippen MR) is 81.9 cm³/mol. The first-order valence-electron chi connectivity index (χ1n) is 7.53. The van der Waals surface area contributed by atoms with Crippen LogP contribution in [-0.2, 0) is 4.79 Å². The van der Waals surface area contributed by atoms with Crippen LogP contribution >= 0.6 is 0 Å². The zero-order chi connectivity index (χ0) is 16.2. The summed E-state index contributed by atoms with van der Waals surface area (Å²) in [5.41, 5.74) is 1.39. The Balaban J connectivity index is 1.57. The number of hydrogen-bond donors (Lipinski definition) is 1. The molecule has 1 N–H and O–H groups in total. The van der Waals surface area contributed by atoms with Gasteiger partial charge in [-0.3, -0.25) is 9.59 Å². The minimum Gasteiger partial charge on any atom is -0.349 e. The van der Waals surface area contributed by atoms with Crippen LogP contribution in [0, 0.1) is 0 Å². The summed E-state index contributed by atoms with van der Waals surface area (Å²) in [5, 5.41) is 14.0. The standard InChI is InChI=1S/C15H18N6O2/c1-11(22)20-8-6-13(7-9-20)17-15(23)12-2-4-14(5-3-12)21-10-16-18-19-21/h2-5,10,13H,6-9H2,1H3,(H,17,23). The minimum absolute atomic E-state index is 0.0907. The fourth-order valence-electron chi connectivity index (χ4n) is 2.65. The number of amides is 2. The lowest BCUT2D eigenvalue weighted by Crippen LogP contribution is -2.45. The van der Waals surface area contributed by atoms with Crippen molar-refractivity contribution in [3.8, 4) is 5.69 Å². The molecule has 1 fully saturated rings. The number of nitrogens with one attached hydrogen (secondary N) is 1. The number of rotatable bonds is 3. The topological polar surface area (TPSA) is 93.0 Å². The number of likely N-dealkylation sites (tertiary alicyclic amines) is 1. The summed E-state index contributed by atoms with van der Waals surface area (Å²) in [6.45, 7) is 2.96. The van der Waals surface area contributed by atoms with Gasteiger partial charge in [-0.1, -0.05) is 0 Å². The largest absolute Gasteiger partial charge is 0.349 e. The third-order valence-corrected chi connectivity index (χ3v) is 4.02. The lowest BCUT2D eigenvalue weighted by Gasteiger charge is -2.31. The fourth-order valence-corrected chi connectivity index (χ4v) is 2.65. The first kappa shape index (κ1) is 15.1. The van der Waals surface area contributed by atoms with Gasteiger partial charge in [0.2, 0.25) is 5.91 Å². The Morgan fingerprint density at radius 2 is 1.87 bits per heavy atom. The van der Waals surface area contributed by atoms with E-state index in [0.717, 1.165) is 18.5 Å². The van der Waals surface area contributed by atoms with Crippen molar-refractivity contribution >= 4 is 11.8 Å². The van der Waals surface area contributed by atoms with Gasteiger partial charge in [-0.05, 0) is 47.5 Å². The van der Waals surface area contributed by atoms with Gasteiger partial charge in [0.15, 0.2) is 0 Å². The Hall–Kier alpha value is -2.77. The van der Waals surface area contributed by atoms with Gasteiger partial charge in [-0.15, -0.1) is 5.10 Å². The van der Waals surface area contributed by atoms with Crippen LogP contribution < -0.4 is 5.32 Å². The number of carbonyl (C=O) groups excluding carboxylic acids is 2. The summed E-state index contributed by atoms with van der Waals surface area (Å²) in [5.74, 6) is -0.0116. The van der Waals surface area contributed by atoms with Crippen molar-refractivity contribution in [1.82, 2.24) is 30.4 Å². The first-order valence-corrected chi connectivity index (χ1v) is 7.53. The van der Waals surface area contributed by atoms with Crippen LogP contribution in [0.1, 0.15) is 30.1 Å². The summed E-state index contributed by atoms with van der Waals surface area (Å²) < 4.78 is 1.53. The molecular formula is C15H18N6O2. The fraction of sp³-hybridized carbons (Fsp3) is 0.400. The molecule has 2 heterocycles. The molecule has 2 amide bonds. The molecule has 2 aromatic rings. The molecule has 8 nitrogen and oxygen atoms in total. The zero-order valence-corrected chi connectivity index (χ0v) is 12.8. The maximum atomic E-state index is 12.3. The second-order valence-corrected chi connectivity index (χ2v) is 5.56. The molecule has 1 saturated heterocycles.